The second-order valence-electron chi connectivity index (χ2n) is 7.59. The molecule has 0 radical (unpaired) electrons. The van der Waals surface area contributed by atoms with Crippen LogP contribution in [0.1, 0.15) is 24.5 Å². The molecule has 8 heteroatoms. The minimum Gasteiger partial charge on any atom is -0.481 e. The summed E-state index contributed by atoms with van der Waals surface area (Å²) < 4.78 is 19.4. The average molecular weight is 452 g/mol. The molecule has 2 atom stereocenters. The van der Waals surface area contributed by atoms with Gasteiger partial charge < -0.3 is 9.84 Å². The van der Waals surface area contributed by atoms with Gasteiger partial charge in [-0.05, 0) is 29.7 Å². The van der Waals surface area contributed by atoms with Gasteiger partial charge in [0.2, 0.25) is 0 Å². The van der Waals surface area contributed by atoms with Crippen molar-refractivity contribution in [1.29, 1.82) is 0 Å². The smallest absolute Gasteiger partial charge is 0.324 e. The molecular weight excluding hydrogens is 427 g/mol. The van der Waals surface area contributed by atoms with Gasteiger partial charge in [0.25, 0.3) is 0 Å². The summed E-state index contributed by atoms with van der Waals surface area (Å²) in [7, 11) is 0. The van der Waals surface area contributed by atoms with E-state index >= 15 is 0 Å². The molecule has 0 saturated carbocycles. The molecule has 0 aliphatic heterocycles. The van der Waals surface area contributed by atoms with Gasteiger partial charge in [0, 0.05) is 13.1 Å². The van der Waals surface area contributed by atoms with Gasteiger partial charge in [-0.2, -0.15) is 0 Å². The Balaban J connectivity index is 1.96. The first kappa shape index (κ1) is 23.9. The Labute approximate surface area is 191 Å². The van der Waals surface area contributed by atoms with E-state index in [-0.39, 0.29) is 12.2 Å². The molecule has 7 nitrogen and oxygen atoms in total. The fraction of sp³-hybridized carbons (Fsp3) is 0.240. The highest BCUT2D eigenvalue weighted by Gasteiger charge is 2.36. The van der Waals surface area contributed by atoms with Crippen molar-refractivity contribution in [2.24, 2.45) is 0 Å². The molecule has 1 N–H and O–H groups in total. The van der Waals surface area contributed by atoms with Gasteiger partial charge in [0.1, 0.15) is 18.0 Å². The molecule has 3 aromatic carbocycles. The molecule has 172 valence electrons. The van der Waals surface area contributed by atoms with Crippen molar-refractivity contribution < 1.29 is 24.0 Å². The monoisotopic (exact) mass is 452 g/mol. The van der Waals surface area contributed by atoms with Gasteiger partial charge in [-0.3, -0.25) is 19.8 Å². The van der Waals surface area contributed by atoms with Crippen LogP contribution in [-0.2, 0) is 17.9 Å². The Hall–Kier alpha value is -3.78. The van der Waals surface area contributed by atoms with E-state index in [0.717, 1.165) is 29.3 Å². The third-order valence-corrected chi connectivity index (χ3v) is 5.25. The highest BCUT2D eigenvalue weighted by Crippen LogP contribution is 2.30. The number of carbonyl (C=O) groups is 1. The maximum absolute atomic E-state index is 13.6. The molecule has 3 rings (SSSR count). The number of benzene rings is 3. The van der Waals surface area contributed by atoms with Crippen molar-refractivity contribution in [3.05, 3.63) is 106 Å². The van der Waals surface area contributed by atoms with Crippen molar-refractivity contribution in [2.75, 3.05) is 0 Å². The fourth-order valence-corrected chi connectivity index (χ4v) is 3.71. The zero-order valence-corrected chi connectivity index (χ0v) is 18.1. The summed E-state index contributed by atoms with van der Waals surface area (Å²) in [6, 6.07) is 20.8. The SMILES string of the molecule is CC[C@H](Oc1ccc(F)cc1[N+](=O)[O-])[C@H](C(=O)O)N(Cc1ccccc1)Cc1ccccc1. The van der Waals surface area contributed by atoms with Gasteiger partial charge in [0.05, 0.1) is 11.0 Å². The minimum atomic E-state index is -1.11. The fourth-order valence-electron chi connectivity index (χ4n) is 3.71. The third-order valence-electron chi connectivity index (χ3n) is 5.25. The van der Waals surface area contributed by atoms with Crippen molar-refractivity contribution in [1.82, 2.24) is 4.90 Å². The highest BCUT2D eigenvalue weighted by molar-refractivity contribution is 5.74. The second kappa shape index (κ2) is 11.2. The van der Waals surface area contributed by atoms with Crippen LogP contribution in [0.2, 0.25) is 0 Å². The maximum atomic E-state index is 13.6. The summed E-state index contributed by atoms with van der Waals surface area (Å²) >= 11 is 0. The summed E-state index contributed by atoms with van der Waals surface area (Å²) in [5.74, 6) is -2.05. The van der Waals surface area contributed by atoms with Crippen LogP contribution in [0.4, 0.5) is 10.1 Å². The Morgan fingerprint density at radius 3 is 2.03 bits per heavy atom. The topological polar surface area (TPSA) is 92.9 Å². The van der Waals surface area contributed by atoms with E-state index < -0.39 is 34.5 Å². The predicted octanol–water partition coefficient (Wildman–Crippen LogP) is 5.05. The van der Waals surface area contributed by atoms with Crippen LogP contribution in [0.5, 0.6) is 5.75 Å². The quantitative estimate of drug-likeness (QED) is 0.323. The number of carboxylic acids is 1. The van der Waals surface area contributed by atoms with Gasteiger partial charge in [-0.1, -0.05) is 67.6 Å². The molecule has 0 unspecified atom stereocenters. The van der Waals surface area contributed by atoms with Gasteiger partial charge in [-0.25, -0.2) is 4.39 Å². The minimum absolute atomic E-state index is 0.168. The highest BCUT2D eigenvalue weighted by atomic mass is 19.1. The summed E-state index contributed by atoms with van der Waals surface area (Å²) in [6.07, 6.45) is -0.648. The molecule has 0 saturated heterocycles. The van der Waals surface area contributed by atoms with Crippen LogP contribution in [0.15, 0.2) is 78.9 Å². The summed E-state index contributed by atoms with van der Waals surface area (Å²) in [5.41, 5.74) is 1.29. The van der Waals surface area contributed by atoms with E-state index in [9.17, 15) is 24.4 Å². The first-order chi connectivity index (χ1) is 15.9. The molecular formula is C25H25FN2O5. The predicted molar refractivity (Wildman–Crippen MR) is 121 cm³/mol. The maximum Gasteiger partial charge on any atom is 0.324 e. The van der Waals surface area contributed by atoms with Crippen molar-refractivity contribution in [2.45, 2.75) is 38.6 Å². The molecule has 3 aromatic rings. The number of ether oxygens (including phenoxy) is 1. The van der Waals surface area contributed by atoms with Crippen LogP contribution < -0.4 is 4.74 Å². The van der Waals surface area contributed by atoms with Crippen molar-refractivity contribution >= 4 is 11.7 Å². The average Bonchev–Trinajstić information content (AvgIpc) is 2.80. The zero-order chi connectivity index (χ0) is 23.8. The van der Waals surface area contributed by atoms with Crippen LogP contribution in [-0.4, -0.2) is 33.0 Å². The first-order valence-electron chi connectivity index (χ1n) is 10.5. The van der Waals surface area contributed by atoms with E-state index in [0.29, 0.717) is 13.1 Å². The first-order valence-corrected chi connectivity index (χ1v) is 10.5. The number of nitro benzene ring substituents is 1. The van der Waals surface area contributed by atoms with Gasteiger partial charge in [-0.15, -0.1) is 0 Å². The number of nitrogens with zero attached hydrogens (tertiary/aromatic N) is 2. The largest absolute Gasteiger partial charge is 0.481 e. The second-order valence-corrected chi connectivity index (χ2v) is 7.59. The lowest BCUT2D eigenvalue weighted by Gasteiger charge is -2.34. The third kappa shape index (κ3) is 6.36. The lowest BCUT2D eigenvalue weighted by Crippen LogP contribution is -2.50. The number of aliphatic carboxylic acids is 1. The summed E-state index contributed by atoms with van der Waals surface area (Å²) in [4.78, 5) is 24.9. The van der Waals surface area contributed by atoms with E-state index in [1.165, 1.54) is 0 Å². The number of nitro groups is 1. The number of hydrogen-bond acceptors (Lipinski definition) is 5. The Morgan fingerprint density at radius 2 is 1.58 bits per heavy atom. The number of halogens is 1. The van der Waals surface area contributed by atoms with E-state index in [2.05, 4.69) is 0 Å². The molecule has 0 heterocycles. The zero-order valence-electron chi connectivity index (χ0n) is 18.1. The van der Waals surface area contributed by atoms with Crippen molar-refractivity contribution in [3.8, 4) is 5.75 Å². The number of rotatable bonds is 11. The van der Waals surface area contributed by atoms with E-state index in [1.54, 1.807) is 11.8 Å². The van der Waals surface area contributed by atoms with Crippen LogP contribution in [0, 0.1) is 15.9 Å². The lowest BCUT2D eigenvalue weighted by atomic mass is 10.0. The molecule has 0 aromatic heterocycles. The van der Waals surface area contributed by atoms with Crippen molar-refractivity contribution in [3.63, 3.8) is 0 Å². The molecule has 0 aliphatic carbocycles. The normalized spacial score (nSPS) is 12.8. The van der Waals surface area contributed by atoms with Crippen LogP contribution >= 0.6 is 0 Å². The molecule has 0 fully saturated rings. The van der Waals surface area contributed by atoms with Crippen LogP contribution in [0.25, 0.3) is 0 Å². The molecule has 0 aliphatic rings. The molecule has 0 bridgehead atoms. The number of hydrogen-bond donors (Lipinski definition) is 1. The Bertz CT molecular complexity index is 1040. The lowest BCUT2D eigenvalue weighted by molar-refractivity contribution is -0.386. The standard InChI is InChI=1S/C25H25FN2O5/c1-2-22(33-23-14-13-20(26)15-21(23)28(31)32)24(25(29)30)27(16-18-9-5-3-6-10-18)17-19-11-7-4-8-12-19/h3-15,22,24H,2,16-17H2,1H3,(H,29,30)/t22-,24+/m0/s1. The molecule has 0 spiro atoms. The molecule has 0 amide bonds. The summed E-state index contributed by atoms with van der Waals surface area (Å²) in [6.45, 7) is 2.41. The van der Waals surface area contributed by atoms with Crippen LogP contribution in [0.3, 0.4) is 0 Å². The van der Waals surface area contributed by atoms with Gasteiger partial charge >= 0.3 is 11.7 Å². The Morgan fingerprint density at radius 1 is 1.03 bits per heavy atom. The Kier molecular flexibility index (Phi) is 8.10. The van der Waals surface area contributed by atoms with E-state index in [1.807, 2.05) is 60.7 Å². The van der Waals surface area contributed by atoms with E-state index in [4.69, 9.17) is 4.74 Å². The van der Waals surface area contributed by atoms with Gasteiger partial charge in [0.15, 0.2) is 5.75 Å². The number of carboxylic acid groups (broad SMARTS) is 1. The molecule has 33 heavy (non-hydrogen) atoms. The summed E-state index contributed by atoms with van der Waals surface area (Å²) in [5, 5.41) is 21.6.